The zero-order chi connectivity index (χ0) is 26.2. The van der Waals surface area contributed by atoms with Gasteiger partial charge in [-0.15, -0.1) is 0 Å². The Morgan fingerprint density at radius 2 is 1.79 bits per heavy atom. The molecule has 0 aliphatic heterocycles. The molecule has 39 heavy (non-hydrogen) atoms. The number of fused-ring (bicyclic) bond motifs is 2. The first-order valence-electron chi connectivity index (χ1n) is 13.1. The van der Waals surface area contributed by atoms with Gasteiger partial charge in [-0.25, -0.2) is 4.98 Å². The topological polar surface area (TPSA) is 101 Å². The van der Waals surface area contributed by atoms with E-state index in [9.17, 15) is 4.79 Å². The minimum Gasteiger partial charge on any atom is -0.325 e. The maximum absolute atomic E-state index is 14.3. The number of allylic oxidation sites excluding steroid dienone is 2. The van der Waals surface area contributed by atoms with Gasteiger partial charge >= 0.3 is 0 Å². The fraction of sp³-hybridized carbons (Fsp3) is 0.129. The van der Waals surface area contributed by atoms with Crippen LogP contribution in [0.3, 0.4) is 0 Å². The lowest BCUT2D eigenvalue weighted by Gasteiger charge is -2.15. The summed E-state index contributed by atoms with van der Waals surface area (Å²) in [5.41, 5.74) is 6.45. The zero-order valence-corrected chi connectivity index (χ0v) is 21.1. The largest absolute Gasteiger partial charge is 0.325 e. The number of hydrogen-bond acceptors (Lipinski definition) is 6. The normalized spacial score (nSPS) is 13.5. The average Bonchev–Trinajstić information content (AvgIpc) is 3.38. The molecule has 0 bridgehead atoms. The minimum atomic E-state index is -0.224. The van der Waals surface area contributed by atoms with Crippen LogP contribution in [0.2, 0.25) is 0 Å². The van der Waals surface area contributed by atoms with Gasteiger partial charge in [0, 0.05) is 35.1 Å². The Bertz CT molecular complexity index is 1910. The monoisotopic (exact) mass is 511 g/mol. The first kappa shape index (κ1) is 23.0. The molecule has 0 atom stereocenters. The lowest BCUT2D eigenvalue weighted by atomic mass is 9.92. The van der Waals surface area contributed by atoms with Gasteiger partial charge in [0.05, 0.1) is 17.3 Å². The van der Waals surface area contributed by atoms with E-state index in [2.05, 4.69) is 31.3 Å². The molecule has 0 saturated heterocycles. The summed E-state index contributed by atoms with van der Waals surface area (Å²) in [5, 5.41) is 9.19. The third-order valence-electron chi connectivity index (χ3n) is 7.15. The second-order valence-corrected chi connectivity index (χ2v) is 9.63. The summed E-state index contributed by atoms with van der Waals surface area (Å²) in [7, 11) is 0. The Balaban J connectivity index is 1.53. The van der Waals surface area contributed by atoms with Crippen molar-refractivity contribution in [2.24, 2.45) is 0 Å². The minimum absolute atomic E-state index is 0.224. The molecule has 1 aliphatic rings. The molecule has 6 aromatic rings. The van der Waals surface area contributed by atoms with Gasteiger partial charge in [0.2, 0.25) is 0 Å². The Labute approximate surface area is 224 Å². The highest BCUT2D eigenvalue weighted by atomic mass is 16.1. The van der Waals surface area contributed by atoms with Crippen molar-refractivity contribution in [1.82, 2.24) is 29.5 Å². The molecule has 4 aromatic heterocycles. The first-order chi connectivity index (χ1) is 19.3. The molecule has 2 N–H and O–H groups in total. The van der Waals surface area contributed by atoms with Crippen LogP contribution in [0.4, 0.5) is 11.6 Å². The lowest BCUT2D eigenvalue weighted by Crippen LogP contribution is -2.20. The van der Waals surface area contributed by atoms with Gasteiger partial charge < -0.3 is 10.3 Å². The molecule has 8 nitrogen and oxygen atoms in total. The molecule has 1 aliphatic carbocycles. The third-order valence-corrected chi connectivity index (χ3v) is 7.15. The van der Waals surface area contributed by atoms with E-state index in [0.717, 1.165) is 52.5 Å². The summed E-state index contributed by atoms with van der Waals surface area (Å²) in [5.74, 6) is 1.07. The summed E-state index contributed by atoms with van der Waals surface area (Å²) in [4.78, 5) is 30.9. The standard InChI is InChI=1S/C31H25N7O/c39-31-27(23-13-14-24-22(18-23)12-7-15-33-24)29(35-25-19-32-16-17-34-25)36-30-26(20-8-3-1-4-9-20)28(37-38(30)31)21-10-5-2-6-11-21/h2,5-8,10-19,36H,1,3-4,9H2,(H,34,35). The molecule has 0 amide bonds. The van der Waals surface area contributed by atoms with Crippen molar-refractivity contribution in [3.05, 3.63) is 107 Å². The molecular weight excluding hydrogens is 486 g/mol. The van der Waals surface area contributed by atoms with Crippen molar-refractivity contribution in [3.63, 3.8) is 0 Å². The molecule has 0 saturated carbocycles. The summed E-state index contributed by atoms with van der Waals surface area (Å²) in [6.07, 6.45) is 13.1. The van der Waals surface area contributed by atoms with Crippen LogP contribution in [0, 0.1) is 0 Å². The van der Waals surface area contributed by atoms with Crippen LogP contribution >= 0.6 is 0 Å². The second kappa shape index (κ2) is 9.64. The highest BCUT2D eigenvalue weighted by Gasteiger charge is 2.24. The number of rotatable bonds is 5. The van der Waals surface area contributed by atoms with Crippen LogP contribution in [0.1, 0.15) is 31.2 Å². The lowest BCUT2D eigenvalue weighted by molar-refractivity contribution is 0.742. The van der Waals surface area contributed by atoms with E-state index in [0.29, 0.717) is 22.8 Å². The number of nitrogens with one attached hydrogen (secondary N) is 2. The molecule has 0 unspecified atom stereocenters. The second-order valence-electron chi connectivity index (χ2n) is 9.63. The van der Waals surface area contributed by atoms with Crippen LogP contribution in [-0.4, -0.2) is 29.5 Å². The van der Waals surface area contributed by atoms with E-state index in [4.69, 9.17) is 5.10 Å². The predicted molar refractivity (Wildman–Crippen MR) is 154 cm³/mol. The molecule has 2 aromatic carbocycles. The quantitative estimate of drug-likeness (QED) is 0.278. The fourth-order valence-electron chi connectivity index (χ4n) is 5.33. The van der Waals surface area contributed by atoms with Crippen LogP contribution in [-0.2, 0) is 0 Å². The van der Waals surface area contributed by atoms with Crippen molar-refractivity contribution >= 4 is 33.8 Å². The number of hydrogen-bond donors (Lipinski definition) is 2. The summed E-state index contributed by atoms with van der Waals surface area (Å²) in [6.45, 7) is 0. The summed E-state index contributed by atoms with van der Waals surface area (Å²) < 4.78 is 1.51. The van der Waals surface area contributed by atoms with Crippen molar-refractivity contribution in [2.45, 2.75) is 25.7 Å². The van der Waals surface area contributed by atoms with Gasteiger partial charge in [-0.3, -0.25) is 14.8 Å². The number of H-pyrrole nitrogens is 1. The van der Waals surface area contributed by atoms with E-state index in [-0.39, 0.29) is 5.56 Å². The van der Waals surface area contributed by atoms with Gasteiger partial charge in [0.25, 0.3) is 5.56 Å². The van der Waals surface area contributed by atoms with E-state index < -0.39 is 0 Å². The van der Waals surface area contributed by atoms with Gasteiger partial charge in [-0.1, -0.05) is 48.5 Å². The van der Waals surface area contributed by atoms with Crippen LogP contribution in [0.25, 0.3) is 44.5 Å². The Morgan fingerprint density at radius 1 is 0.872 bits per heavy atom. The van der Waals surface area contributed by atoms with E-state index in [1.165, 1.54) is 16.5 Å². The molecule has 7 rings (SSSR count). The first-order valence-corrected chi connectivity index (χ1v) is 13.1. The van der Waals surface area contributed by atoms with Crippen molar-refractivity contribution < 1.29 is 0 Å². The van der Waals surface area contributed by atoms with E-state index in [1.807, 2.05) is 60.7 Å². The highest BCUT2D eigenvalue weighted by molar-refractivity contribution is 5.91. The van der Waals surface area contributed by atoms with E-state index in [1.54, 1.807) is 24.8 Å². The molecule has 0 spiro atoms. The Kier molecular flexibility index (Phi) is 5.70. The van der Waals surface area contributed by atoms with E-state index >= 15 is 0 Å². The third kappa shape index (κ3) is 4.16. The number of aromatic nitrogens is 6. The highest BCUT2D eigenvalue weighted by Crippen LogP contribution is 2.37. The van der Waals surface area contributed by atoms with Crippen molar-refractivity contribution in [1.29, 1.82) is 0 Å². The number of anilines is 2. The Hall–Kier alpha value is -5.11. The fourth-order valence-corrected chi connectivity index (χ4v) is 5.33. The van der Waals surface area contributed by atoms with Gasteiger partial charge in [-0.2, -0.15) is 9.61 Å². The molecule has 4 heterocycles. The SMILES string of the molecule is O=c1c(-c2ccc3ncccc3c2)c(Nc2cnccn2)[nH]c2c(C3=CCCCC3)c(-c3ccccc3)nn12. The van der Waals surface area contributed by atoms with Crippen molar-refractivity contribution in [2.75, 3.05) is 5.32 Å². The average molecular weight is 512 g/mol. The van der Waals surface area contributed by atoms with Crippen LogP contribution in [0.5, 0.6) is 0 Å². The number of nitrogens with zero attached hydrogens (tertiary/aromatic N) is 5. The molecule has 0 radical (unpaired) electrons. The van der Waals surface area contributed by atoms with Gasteiger partial charge in [-0.05, 0) is 55.0 Å². The van der Waals surface area contributed by atoms with Gasteiger partial charge in [0.15, 0.2) is 0 Å². The summed E-state index contributed by atoms with van der Waals surface area (Å²) >= 11 is 0. The number of pyridine rings is 1. The Morgan fingerprint density at radius 3 is 2.62 bits per heavy atom. The smallest absolute Gasteiger partial charge is 0.284 e. The van der Waals surface area contributed by atoms with Gasteiger partial charge in [0.1, 0.15) is 23.0 Å². The van der Waals surface area contributed by atoms with Crippen molar-refractivity contribution in [3.8, 4) is 22.4 Å². The molecular formula is C31H25N7O. The summed E-state index contributed by atoms with van der Waals surface area (Å²) in [6, 6.07) is 19.8. The molecule has 8 heteroatoms. The number of benzene rings is 2. The van der Waals surface area contributed by atoms with Crippen LogP contribution in [0.15, 0.2) is 96.3 Å². The number of aromatic amines is 1. The van der Waals surface area contributed by atoms with Crippen LogP contribution < -0.4 is 10.9 Å². The maximum Gasteiger partial charge on any atom is 0.284 e. The zero-order valence-electron chi connectivity index (χ0n) is 21.1. The molecule has 190 valence electrons. The maximum atomic E-state index is 14.3. The predicted octanol–water partition coefficient (Wildman–Crippen LogP) is 6.40. The molecule has 0 fully saturated rings.